The zero-order valence-electron chi connectivity index (χ0n) is 9.06. The second-order valence-corrected chi connectivity index (χ2v) is 3.78. The fourth-order valence-corrected chi connectivity index (χ4v) is 1.68. The first-order valence-electron chi connectivity index (χ1n) is 5.35. The van der Waals surface area contributed by atoms with E-state index in [4.69, 9.17) is 0 Å². The summed E-state index contributed by atoms with van der Waals surface area (Å²) in [5, 5.41) is 0. The summed E-state index contributed by atoms with van der Waals surface area (Å²) < 4.78 is 0. The van der Waals surface area contributed by atoms with Gasteiger partial charge >= 0.3 is 0 Å². The number of rotatable bonds is 4. The van der Waals surface area contributed by atoms with Crippen LogP contribution in [-0.4, -0.2) is 0 Å². The smallest absolute Gasteiger partial charge is 0.0279 e. The minimum Gasteiger partial charge on any atom is -0.0654 e. The van der Waals surface area contributed by atoms with Crippen LogP contribution >= 0.6 is 0 Å². The minimum absolute atomic E-state index is 1.15. The maximum atomic E-state index is 2.35. The molecule has 1 rings (SSSR count). The molecule has 1 aromatic rings. The van der Waals surface area contributed by atoms with Crippen molar-refractivity contribution in [2.24, 2.45) is 0 Å². The van der Waals surface area contributed by atoms with E-state index in [2.05, 4.69) is 39.0 Å². The molecule has 0 unspecified atom stereocenters. The summed E-state index contributed by atoms with van der Waals surface area (Å²) in [5.41, 5.74) is 4.40. The lowest BCUT2D eigenvalue weighted by molar-refractivity contribution is 0.793. The molecule has 72 valence electrons. The van der Waals surface area contributed by atoms with Crippen LogP contribution in [0.5, 0.6) is 0 Å². The number of aryl methyl sites for hydroxylation is 3. The largest absolute Gasteiger partial charge is 0.0654 e. The molecule has 0 aliphatic rings. The second-order valence-electron chi connectivity index (χ2n) is 3.78. The van der Waals surface area contributed by atoms with E-state index < -0.39 is 0 Å². The zero-order valence-corrected chi connectivity index (χ0v) is 9.06. The molecule has 0 N–H and O–H groups in total. The Morgan fingerprint density at radius 2 is 1.69 bits per heavy atom. The van der Waals surface area contributed by atoms with Crippen molar-refractivity contribution >= 4 is 0 Å². The van der Waals surface area contributed by atoms with Gasteiger partial charge in [0.25, 0.3) is 0 Å². The summed E-state index contributed by atoms with van der Waals surface area (Å²) >= 11 is 0. The molecule has 0 amide bonds. The number of unbranched alkanes of at least 4 members (excludes halogenated alkanes) is 1. The quantitative estimate of drug-likeness (QED) is 0.652. The second kappa shape index (κ2) is 5.06. The summed E-state index contributed by atoms with van der Waals surface area (Å²) in [7, 11) is 0. The molecule has 0 heterocycles. The van der Waals surface area contributed by atoms with Crippen LogP contribution in [0.4, 0.5) is 0 Å². The number of hydrogen-bond acceptors (Lipinski definition) is 0. The van der Waals surface area contributed by atoms with Crippen molar-refractivity contribution in [3.05, 3.63) is 34.9 Å². The van der Waals surface area contributed by atoms with Gasteiger partial charge in [-0.25, -0.2) is 0 Å². The molecular formula is C13H20. The third-order valence-corrected chi connectivity index (χ3v) is 2.42. The molecule has 0 radical (unpaired) electrons. The van der Waals surface area contributed by atoms with E-state index in [0.717, 1.165) is 6.42 Å². The van der Waals surface area contributed by atoms with Gasteiger partial charge in [0.05, 0.1) is 0 Å². The molecule has 0 heteroatoms. The average Bonchev–Trinajstić information content (AvgIpc) is 2.14. The van der Waals surface area contributed by atoms with Crippen LogP contribution in [0.25, 0.3) is 0 Å². The van der Waals surface area contributed by atoms with E-state index in [9.17, 15) is 0 Å². The Hall–Kier alpha value is -0.780. The minimum atomic E-state index is 1.15. The lowest BCUT2D eigenvalue weighted by Crippen LogP contribution is -1.89. The van der Waals surface area contributed by atoms with Crippen molar-refractivity contribution in [2.45, 2.75) is 46.5 Å². The fourth-order valence-electron chi connectivity index (χ4n) is 1.68. The van der Waals surface area contributed by atoms with Crippen molar-refractivity contribution < 1.29 is 0 Å². The third kappa shape index (κ3) is 3.22. The van der Waals surface area contributed by atoms with Crippen molar-refractivity contribution in [1.82, 2.24) is 0 Å². The molecule has 0 atom stereocenters. The van der Waals surface area contributed by atoms with E-state index in [-0.39, 0.29) is 0 Å². The molecule has 0 spiro atoms. The Bertz CT molecular complexity index is 261. The van der Waals surface area contributed by atoms with E-state index in [1.807, 2.05) is 0 Å². The summed E-state index contributed by atoms with van der Waals surface area (Å²) in [6, 6.07) is 6.95. The van der Waals surface area contributed by atoms with Crippen LogP contribution in [0, 0.1) is 6.92 Å². The molecule has 0 saturated heterocycles. The Morgan fingerprint density at radius 3 is 2.31 bits per heavy atom. The average molecular weight is 176 g/mol. The lowest BCUT2D eigenvalue weighted by Gasteiger charge is -2.05. The third-order valence-electron chi connectivity index (χ3n) is 2.42. The first kappa shape index (κ1) is 10.3. The molecule has 0 aromatic heterocycles. The van der Waals surface area contributed by atoms with Crippen LogP contribution in [0.15, 0.2) is 18.2 Å². The number of benzene rings is 1. The van der Waals surface area contributed by atoms with Gasteiger partial charge in [0.1, 0.15) is 0 Å². The Morgan fingerprint density at radius 1 is 1.00 bits per heavy atom. The zero-order chi connectivity index (χ0) is 9.68. The maximum absolute atomic E-state index is 2.35. The summed E-state index contributed by atoms with van der Waals surface area (Å²) in [6.07, 6.45) is 4.99. The van der Waals surface area contributed by atoms with Crippen LogP contribution in [-0.2, 0) is 12.8 Å². The molecule has 0 saturated carbocycles. The van der Waals surface area contributed by atoms with Gasteiger partial charge in [-0.05, 0) is 37.3 Å². The van der Waals surface area contributed by atoms with Crippen molar-refractivity contribution in [3.8, 4) is 0 Å². The molecule has 13 heavy (non-hydrogen) atoms. The van der Waals surface area contributed by atoms with E-state index in [1.165, 1.54) is 36.0 Å². The SMILES string of the molecule is CCCCc1cc(C)cc(CC)c1. The van der Waals surface area contributed by atoms with Gasteiger partial charge in [-0.2, -0.15) is 0 Å². The van der Waals surface area contributed by atoms with Gasteiger partial charge in [-0.1, -0.05) is 44.0 Å². The normalized spacial score (nSPS) is 10.4. The highest BCUT2D eigenvalue weighted by Gasteiger charge is 1.96. The maximum Gasteiger partial charge on any atom is -0.0279 e. The Balaban J connectivity index is 2.76. The summed E-state index contributed by atoms with van der Waals surface area (Å²) in [4.78, 5) is 0. The molecule has 0 fully saturated rings. The number of hydrogen-bond donors (Lipinski definition) is 0. The van der Waals surface area contributed by atoms with Crippen molar-refractivity contribution in [3.63, 3.8) is 0 Å². The monoisotopic (exact) mass is 176 g/mol. The molecule has 0 bridgehead atoms. The van der Waals surface area contributed by atoms with E-state index >= 15 is 0 Å². The van der Waals surface area contributed by atoms with Crippen LogP contribution in [0.2, 0.25) is 0 Å². The van der Waals surface area contributed by atoms with Crippen LogP contribution in [0.1, 0.15) is 43.4 Å². The highest BCUT2D eigenvalue weighted by Crippen LogP contribution is 2.12. The van der Waals surface area contributed by atoms with Gasteiger partial charge < -0.3 is 0 Å². The highest BCUT2D eigenvalue weighted by atomic mass is 14.0. The van der Waals surface area contributed by atoms with Crippen LogP contribution < -0.4 is 0 Å². The molecule has 0 aliphatic carbocycles. The van der Waals surface area contributed by atoms with Gasteiger partial charge in [0.2, 0.25) is 0 Å². The summed E-state index contributed by atoms with van der Waals surface area (Å²) in [6.45, 7) is 6.66. The first-order valence-corrected chi connectivity index (χ1v) is 5.35. The van der Waals surface area contributed by atoms with Crippen molar-refractivity contribution in [1.29, 1.82) is 0 Å². The first-order chi connectivity index (χ1) is 6.26. The van der Waals surface area contributed by atoms with E-state index in [1.54, 1.807) is 0 Å². The standard InChI is InChI=1S/C13H20/c1-4-6-7-13-9-11(3)8-12(5-2)10-13/h8-10H,4-7H2,1-3H3. The van der Waals surface area contributed by atoms with Gasteiger partial charge in [-0.3, -0.25) is 0 Å². The fraction of sp³-hybridized carbons (Fsp3) is 0.538. The van der Waals surface area contributed by atoms with Gasteiger partial charge in [-0.15, -0.1) is 0 Å². The Labute approximate surface area is 82.0 Å². The molecule has 1 aromatic carbocycles. The molecule has 0 nitrogen and oxygen atoms in total. The molecule has 0 aliphatic heterocycles. The Kier molecular flexibility index (Phi) is 4.01. The topological polar surface area (TPSA) is 0 Å². The predicted octanol–water partition coefficient (Wildman–Crippen LogP) is 3.90. The van der Waals surface area contributed by atoms with Gasteiger partial charge in [0.15, 0.2) is 0 Å². The summed E-state index contributed by atoms with van der Waals surface area (Å²) in [5.74, 6) is 0. The lowest BCUT2D eigenvalue weighted by atomic mass is 10.0. The predicted molar refractivity (Wildman–Crippen MR) is 59.2 cm³/mol. The van der Waals surface area contributed by atoms with Crippen LogP contribution in [0.3, 0.4) is 0 Å². The van der Waals surface area contributed by atoms with Gasteiger partial charge in [0, 0.05) is 0 Å². The highest BCUT2D eigenvalue weighted by molar-refractivity contribution is 5.29. The molecular weight excluding hydrogens is 156 g/mol. The van der Waals surface area contributed by atoms with Crippen molar-refractivity contribution in [2.75, 3.05) is 0 Å². The van der Waals surface area contributed by atoms with E-state index in [0.29, 0.717) is 0 Å².